The van der Waals surface area contributed by atoms with Gasteiger partial charge in [-0.05, 0) is 98.2 Å². The molecule has 1 saturated heterocycles. The van der Waals surface area contributed by atoms with Gasteiger partial charge in [0.15, 0.2) is 5.95 Å². The Morgan fingerprint density at radius 1 is 0.644 bits per heavy atom. The minimum atomic E-state index is -4.49. The molecule has 0 unspecified atom stereocenters. The molecule has 0 saturated carbocycles. The van der Waals surface area contributed by atoms with Crippen molar-refractivity contribution in [3.8, 4) is 11.5 Å². The van der Waals surface area contributed by atoms with E-state index in [4.69, 9.17) is 23.1 Å². The fourth-order valence-corrected chi connectivity index (χ4v) is 13.2. The summed E-state index contributed by atoms with van der Waals surface area (Å²) in [4.78, 5) is 128. The number of aryl methyl sites for hydroxylation is 3. The number of rotatable bonds is 44. The number of amides is 3. The first kappa shape index (κ1) is 85.9. The molecule has 13 N–H and O–H groups in total. The molecule has 104 heavy (non-hydrogen) atoms. The molecule has 0 radical (unpaired) electrons. The summed E-state index contributed by atoms with van der Waals surface area (Å²) in [5, 5.41) is 50.2. The van der Waals surface area contributed by atoms with Crippen LogP contribution in [0.15, 0.2) is 82.9 Å². The van der Waals surface area contributed by atoms with Crippen LogP contribution in [0.3, 0.4) is 0 Å². The van der Waals surface area contributed by atoms with Crippen LogP contribution in [0.25, 0.3) is 10.9 Å². The number of nitrogens with zero attached hydrogens (tertiary/aromatic N) is 6. The van der Waals surface area contributed by atoms with E-state index in [0.29, 0.717) is 61.7 Å². The first-order chi connectivity index (χ1) is 49.0. The lowest BCUT2D eigenvalue weighted by Crippen LogP contribution is -2.49. The summed E-state index contributed by atoms with van der Waals surface area (Å²) in [7, 11) is -2.84. The summed E-state index contributed by atoms with van der Waals surface area (Å²) in [6.07, 6.45) is 5.87. The molecular weight excluding hydrogens is 1400 g/mol. The average Bonchev–Trinajstić information content (AvgIpc) is 0.884. The number of anilines is 1. The molecule has 576 valence electrons. The van der Waals surface area contributed by atoms with Gasteiger partial charge >= 0.3 is 23.9 Å². The van der Waals surface area contributed by atoms with Crippen molar-refractivity contribution in [3.05, 3.63) is 111 Å². The molecule has 1 aliphatic heterocycles. The summed E-state index contributed by atoms with van der Waals surface area (Å²) >= 11 is -4.31. The Bertz CT molecular complexity index is 3750. The van der Waals surface area contributed by atoms with E-state index >= 15 is 0 Å². The maximum Gasteiger partial charge on any atom is 0.323 e. The number of aromatic nitrogens is 3. The van der Waals surface area contributed by atoms with Crippen LogP contribution in [0.4, 0.5) is 5.95 Å². The van der Waals surface area contributed by atoms with Crippen LogP contribution in [-0.4, -0.2) is 274 Å². The van der Waals surface area contributed by atoms with E-state index in [9.17, 15) is 85.7 Å². The number of hydrogen-bond donors (Lipinski definition) is 13. The predicted octanol–water partition coefficient (Wildman–Crippen LogP) is 2.32. The third-order valence-corrected chi connectivity index (χ3v) is 18.4. The Morgan fingerprint density at radius 2 is 1.17 bits per heavy atom. The SMILES string of the molecule is C.Cc1cc(OCCCC(=O)NCCCOCCOCCOCCCNC(=O)[C@H](CC(=O)CN2CCN(CC(=O)O)CCN(CC(=O)O)CCN(CC(=O)O)CC2)Cc2ccc(OS(O)(O)O)cc2)cc(C)c1S(=O)(=O)N[C@@H](CNC(=O)c1cn(C)c2cc(CNc3ncc[nH]3)ccc2c1=O)C(=O)O. The maximum atomic E-state index is 13.9. The van der Waals surface area contributed by atoms with Gasteiger partial charge in [0.1, 0.15) is 28.9 Å². The highest BCUT2D eigenvalue weighted by Gasteiger charge is 2.31. The number of benzene rings is 3. The standard InChI is InChI=1S/C66H94N12O23S2.CH4/c1-45-33-52(34-46(2)62(45)102(92,93)73-55(65(90)91)39-71-64(89)54-41-74(3)56-36-48(10-13-53(56)61(54)87)38-72-66-69-16-17-70-66)100-28-4-7-57(80)67-14-5-26-97-29-31-99-32-30-98-27-6-15-68-63(88)49(35-47-8-11-51(12-9-47)101-103(94,95)96)37-50(79)40-75-18-20-76(42-58(81)82)22-24-78(44-60(85)86)25-23-77(21-19-75)43-59(83)84;/h8-13,16-17,33-34,36,41,49,55,73,94-96H,4-7,14-15,18-32,35,37-40,42-44H2,1-3H3,(H,67,80)(H,68,88)(H,71,89)(H,81,82)(H,83,84)(H,85,86)(H,90,91)(H2,69,70,72);1H4/t49-,55-;/m0./s1. The van der Waals surface area contributed by atoms with Crippen molar-refractivity contribution >= 4 is 85.4 Å². The third kappa shape index (κ3) is 30.9. The molecule has 6 rings (SSSR count). The summed E-state index contributed by atoms with van der Waals surface area (Å²) in [6.45, 7) is 5.54. The largest absolute Gasteiger partial charge is 0.494 e. The predicted molar refractivity (Wildman–Crippen MR) is 382 cm³/mol. The van der Waals surface area contributed by atoms with Crippen molar-refractivity contribution in [3.63, 3.8) is 0 Å². The Hall–Kier alpha value is -8.70. The first-order valence-electron chi connectivity index (χ1n) is 33.3. The van der Waals surface area contributed by atoms with Crippen molar-refractivity contribution in [1.29, 1.82) is 0 Å². The molecule has 0 aliphatic carbocycles. The van der Waals surface area contributed by atoms with Gasteiger partial charge in [-0.2, -0.15) is 4.72 Å². The van der Waals surface area contributed by atoms with E-state index in [1.807, 2.05) is 0 Å². The highest BCUT2D eigenvalue weighted by Crippen LogP contribution is 2.36. The lowest BCUT2D eigenvalue weighted by atomic mass is 9.93. The second-order valence-corrected chi connectivity index (χ2v) is 27.3. The molecule has 1 fully saturated rings. The maximum absolute atomic E-state index is 13.9. The average molecular weight is 1500 g/mol. The van der Waals surface area contributed by atoms with Crippen molar-refractivity contribution < 1.29 is 104 Å². The number of sulfonamides is 1. The molecule has 3 aromatic carbocycles. The van der Waals surface area contributed by atoms with Crippen LogP contribution in [0, 0.1) is 19.8 Å². The van der Waals surface area contributed by atoms with E-state index in [-0.39, 0.29) is 196 Å². The van der Waals surface area contributed by atoms with E-state index < -0.39 is 80.8 Å². The van der Waals surface area contributed by atoms with Crippen molar-refractivity contribution in [2.75, 3.05) is 150 Å². The molecule has 0 spiro atoms. The van der Waals surface area contributed by atoms with Crippen molar-refractivity contribution in [2.24, 2.45) is 13.0 Å². The van der Waals surface area contributed by atoms with Gasteiger partial charge in [0.25, 0.3) is 17.1 Å². The van der Waals surface area contributed by atoms with Gasteiger partial charge < -0.3 is 74.4 Å². The van der Waals surface area contributed by atoms with Crippen LogP contribution in [0.1, 0.15) is 72.1 Å². The van der Waals surface area contributed by atoms with Crippen LogP contribution < -0.4 is 40.3 Å². The smallest absolute Gasteiger partial charge is 0.323 e. The summed E-state index contributed by atoms with van der Waals surface area (Å²) in [5.41, 5.74) is 1.59. The molecule has 1 aliphatic rings. The number of carbonyl (C=O) groups is 8. The van der Waals surface area contributed by atoms with Gasteiger partial charge in [-0.3, -0.25) is 76.4 Å². The number of ketones is 1. The Kier molecular flexibility index (Phi) is 36.0. The lowest BCUT2D eigenvalue weighted by Gasteiger charge is -2.33. The molecule has 37 heteroatoms. The highest BCUT2D eigenvalue weighted by molar-refractivity contribution is 8.15. The van der Waals surface area contributed by atoms with Gasteiger partial charge in [0.05, 0.1) is 69.6 Å². The normalized spacial score (nSPS) is 14.6. The quantitative estimate of drug-likeness (QED) is 0.0249. The molecular formula is C67H98N12O23S2. The number of carboxylic acids is 4. The second-order valence-electron chi connectivity index (χ2n) is 24.5. The zero-order chi connectivity index (χ0) is 75.1. The number of Topliss-reactive ketones (excluding diaryl/α,β-unsaturated/α-hetero) is 1. The Labute approximate surface area is 604 Å². The number of aromatic amines is 1. The van der Waals surface area contributed by atoms with Crippen LogP contribution in [0.5, 0.6) is 11.5 Å². The number of carbonyl (C=O) groups excluding carboxylic acids is 4. The number of aliphatic carboxylic acids is 4. The van der Waals surface area contributed by atoms with Crippen molar-refractivity contribution in [2.45, 2.75) is 77.3 Å². The van der Waals surface area contributed by atoms with Gasteiger partial charge in [-0.1, -0.05) is 25.6 Å². The molecule has 35 nitrogen and oxygen atoms in total. The van der Waals surface area contributed by atoms with Gasteiger partial charge in [0.2, 0.25) is 27.3 Å². The molecule has 3 heterocycles. The second kappa shape index (κ2) is 43.5. The zero-order valence-corrected chi connectivity index (χ0v) is 59.4. The number of carboxylic acid groups (broad SMARTS) is 4. The molecule has 2 aromatic heterocycles. The zero-order valence-electron chi connectivity index (χ0n) is 57.8. The molecule has 0 bridgehead atoms. The topological polar surface area (TPSA) is 482 Å². The third-order valence-electron chi connectivity index (χ3n) is 16.2. The van der Waals surface area contributed by atoms with Crippen molar-refractivity contribution in [1.82, 2.24) is 54.8 Å². The molecule has 5 aromatic rings. The van der Waals surface area contributed by atoms with E-state index in [1.54, 1.807) is 61.8 Å². The fraction of sp³-hybridized carbons (Fsp3) is 0.522. The number of H-pyrrole nitrogens is 1. The van der Waals surface area contributed by atoms with Crippen LogP contribution in [-0.2, 0) is 77.8 Å². The van der Waals surface area contributed by atoms with Crippen LogP contribution >= 0.6 is 11.2 Å². The summed E-state index contributed by atoms with van der Waals surface area (Å²) in [6, 6.07) is 12.0. The fourth-order valence-electron chi connectivity index (χ4n) is 11.2. The van der Waals surface area contributed by atoms with E-state index in [1.165, 1.54) is 56.4 Å². The lowest BCUT2D eigenvalue weighted by molar-refractivity contribution is -0.140. The first-order valence-corrected chi connectivity index (χ1v) is 36.2. The number of fused-ring (bicyclic) bond motifs is 1. The molecule has 2 atom stereocenters. The number of imidazole rings is 1. The Morgan fingerprint density at radius 3 is 1.69 bits per heavy atom. The number of ether oxygens (including phenoxy) is 4. The summed E-state index contributed by atoms with van der Waals surface area (Å²) < 4.78 is 86.6. The number of pyridine rings is 1. The van der Waals surface area contributed by atoms with E-state index in [0.717, 1.165) is 5.56 Å². The minimum Gasteiger partial charge on any atom is -0.494 e. The number of hydrogen-bond acceptors (Lipinski definition) is 25. The van der Waals surface area contributed by atoms with Gasteiger partial charge in [-0.15, -0.1) is 0 Å². The molecule has 3 amide bonds. The van der Waals surface area contributed by atoms with Gasteiger partial charge in [-0.25, -0.2) is 13.4 Å². The number of nitrogens with one attached hydrogen (secondary N) is 6. The van der Waals surface area contributed by atoms with Gasteiger partial charge in [0, 0.05) is 142 Å². The van der Waals surface area contributed by atoms with E-state index in [2.05, 4.69) is 36.0 Å². The highest BCUT2D eigenvalue weighted by atomic mass is 32.3. The van der Waals surface area contributed by atoms with Crippen LogP contribution in [0.2, 0.25) is 0 Å². The minimum absolute atomic E-state index is 0. The Balaban J connectivity index is 0.0000194. The monoisotopic (exact) mass is 1500 g/mol. The summed E-state index contributed by atoms with van der Waals surface area (Å²) in [5.74, 6) is -6.78.